The third-order valence-electron chi connectivity index (χ3n) is 4.15. The van der Waals surface area contributed by atoms with Crippen molar-refractivity contribution in [2.45, 2.75) is 38.2 Å². The maximum absolute atomic E-state index is 12.0. The van der Waals surface area contributed by atoms with E-state index in [4.69, 9.17) is 9.47 Å². The van der Waals surface area contributed by atoms with Gasteiger partial charge in [0, 0.05) is 0 Å². The topological polar surface area (TPSA) is 55.8 Å². The lowest BCUT2D eigenvalue weighted by Crippen LogP contribution is -2.66. The molecule has 2 fully saturated rings. The van der Waals surface area contributed by atoms with Gasteiger partial charge in [-0.25, -0.2) is 0 Å². The van der Waals surface area contributed by atoms with Gasteiger partial charge in [0.25, 0.3) is 0 Å². The maximum Gasteiger partial charge on any atom is 0.314 e. The molecular weight excluding hydrogens is 208 g/mol. The molecule has 0 aromatic heterocycles. The van der Waals surface area contributed by atoms with Crippen molar-refractivity contribution in [1.29, 1.82) is 0 Å². The molecule has 1 N–H and O–H groups in total. The van der Waals surface area contributed by atoms with E-state index >= 15 is 0 Å². The fourth-order valence-corrected chi connectivity index (χ4v) is 3.12. The lowest BCUT2D eigenvalue weighted by Gasteiger charge is -2.52. The molecule has 2 rings (SSSR count). The van der Waals surface area contributed by atoms with Gasteiger partial charge in [-0.15, -0.1) is 0 Å². The smallest absolute Gasteiger partial charge is 0.314 e. The first kappa shape index (κ1) is 11.9. The average molecular weight is 228 g/mol. The number of hydrogen-bond acceptors (Lipinski definition) is 4. The van der Waals surface area contributed by atoms with Crippen molar-refractivity contribution in [3.8, 4) is 0 Å². The van der Waals surface area contributed by atoms with Gasteiger partial charge in [0.05, 0.1) is 20.3 Å². The number of hydrogen-bond donors (Lipinski definition) is 1. The quantitative estimate of drug-likeness (QED) is 0.719. The zero-order valence-corrected chi connectivity index (χ0v) is 9.99. The van der Waals surface area contributed by atoms with Crippen LogP contribution in [0.5, 0.6) is 0 Å². The predicted molar refractivity (Wildman–Crippen MR) is 57.8 cm³/mol. The Hall–Kier alpha value is -0.610. The largest absolute Gasteiger partial charge is 0.469 e. The van der Waals surface area contributed by atoms with Crippen LogP contribution >= 0.6 is 0 Å². The Balaban J connectivity index is 2.28. The summed E-state index contributed by atoms with van der Waals surface area (Å²) >= 11 is 0. The first-order chi connectivity index (χ1) is 7.54. The van der Waals surface area contributed by atoms with Gasteiger partial charge >= 0.3 is 5.97 Å². The number of carbonyl (C=O) groups is 1. The molecule has 1 saturated heterocycles. The Morgan fingerprint density at radius 3 is 2.62 bits per heavy atom. The highest BCUT2D eigenvalue weighted by atomic mass is 16.6. The third-order valence-corrected chi connectivity index (χ3v) is 4.15. The summed E-state index contributed by atoms with van der Waals surface area (Å²) in [7, 11) is 1.40. The molecule has 16 heavy (non-hydrogen) atoms. The first-order valence-corrected chi connectivity index (χ1v) is 5.93. The van der Waals surface area contributed by atoms with Gasteiger partial charge < -0.3 is 14.6 Å². The lowest BCUT2D eigenvalue weighted by molar-refractivity contribution is -0.254. The van der Waals surface area contributed by atoms with E-state index in [-0.39, 0.29) is 19.2 Å². The molecule has 4 nitrogen and oxygen atoms in total. The molecule has 2 atom stereocenters. The summed E-state index contributed by atoms with van der Waals surface area (Å²) in [5.74, 6) is 0.183. The second-order valence-electron chi connectivity index (χ2n) is 5.30. The van der Waals surface area contributed by atoms with Crippen LogP contribution in [0.2, 0.25) is 0 Å². The molecule has 0 bridgehead atoms. The van der Waals surface area contributed by atoms with Crippen LogP contribution in [0.4, 0.5) is 0 Å². The van der Waals surface area contributed by atoms with Crippen LogP contribution < -0.4 is 0 Å². The number of ether oxygens (including phenoxy) is 2. The lowest BCUT2D eigenvalue weighted by atomic mass is 9.60. The van der Waals surface area contributed by atoms with Crippen molar-refractivity contribution in [1.82, 2.24) is 0 Å². The predicted octanol–water partition coefficient (Wildman–Crippen LogP) is 1.12. The van der Waals surface area contributed by atoms with Crippen LogP contribution in [0, 0.1) is 11.3 Å². The summed E-state index contributed by atoms with van der Waals surface area (Å²) in [4.78, 5) is 12.0. The zero-order valence-electron chi connectivity index (χ0n) is 9.99. The normalized spacial score (nSPS) is 37.6. The highest BCUT2D eigenvalue weighted by Gasteiger charge is 2.61. The summed E-state index contributed by atoms with van der Waals surface area (Å²) in [6, 6.07) is 0. The maximum atomic E-state index is 12.0. The van der Waals surface area contributed by atoms with Crippen LogP contribution in [0.15, 0.2) is 0 Å². The second kappa shape index (κ2) is 4.00. The summed E-state index contributed by atoms with van der Waals surface area (Å²) in [6.07, 6.45) is 3.51. The van der Waals surface area contributed by atoms with Gasteiger partial charge in [0.2, 0.25) is 0 Å². The van der Waals surface area contributed by atoms with E-state index in [0.29, 0.717) is 18.8 Å². The summed E-state index contributed by atoms with van der Waals surface area (Å²) < 4.78 is 10.00. The number of aliphatic hydroxyl groups is 1. The van der Waals surface area contributed by atoms with Gasteiger partial charge in [0.15, 0.2) is 0 Å². The molecule has 0 aromatic rings. The van der Waals surface area contributed by atoms with E-state index in [1.54, 1.807) is 0 Å². The molecule has 2 aliphatic rings. The summed E-state index contributed by atoms with van der Waals surface area (Å²) in [6.45, 7) is 2.64. The minimum atomic E-state index is -1.01. The molecule has 0 spiro atoms. The molecule has 1 aliphatic heterocycles. The molecule has 92 valence electrons. The Kier molecular flexibility index (Phi) is 2.97. The van der Waals surface area contributed by atoms with Gasteiger partial charge in [-0.3, -0.25) is 4.79 Å². The van der Waals surface area contributed by atoms with Gasteiger partial charge in [-0.05, 0) is 18.8 Å². The molecule has 1 saturated carbocycles. The van der Waals surface area contributed by atoms with E-state index in [1.165, 1.54) is 7.11 Å². The number of esters is 1. The minimum absolute atomic E-state index is 0.259. The Morgan fingerprint density at radius 2 is 2.19 bits per heavy atom. The molecule has 4 heteroatoms. The molecule has 2 unspecified atom stereocenters. The Morgan fingerprint density at radius 1 is 1.50 bits per heavy atom. The van der Waals surface area contributed by atoms with E-state index < -0.39 is 11.0 Å². The average Bonchev–Trinajstić information content (AvgIpc) is 2.24. The number of methoxy groups -OCH3 is 1. The van der Waals surface area contributed by atoms with Crippen LogP contribution in [-0.4, -0.2) is 37.0 Å². The van der Waals surface area contributed by atoms with Crippen molar-refractivity contribution in [3.05, 3.63) is 0 Å². The van der Waals surface area contributed by atoms with Crippen molar-refractivity contribution >= 4 is 5.97 Å². The second-order valence-corrected chi connectivity index (χ2v) is 5.30. The van der Waals surface area contributed by atoms with E-state index in [2.05, 4.69) is 6.92 Å². The van der Waals surface area contributed by atoms with Gasteiger partial charge in [0.1, 0.15) is 11.0 Å². The number of carbonyl (C=O) groups excluding carboxylic acids is 1. The molecular formula is C12H20O4. The highest BCUT2D eigenvalue weighted by Crippen LogP contribution is 2.50. The van der Waals surface area contributed by atoms with Crippen molar-refractivity contribution in [2.75, 3.05) is 20.3 Å². The first-order valence-electron chi connectivity index (χ1n) is 5.93. The van der Waals surface area contributed by atoms with Crippen LogP contribution in [0.25, 0.3) is 0 Å². The van der Waals surface area contributed by atoms with Crippen LogP contribution in [-0.2, 0) is 14.3 Å². The van der Waals surface area contributed by atoms with Crippen molar-refractivity contribution in [3.63, 3.8) is 0 Å². The summed E-state index contributed by atoms with van der Waals surface area (Å²) in [5, 5.41) is 10.5. The van der Waals surface area contributed by atoms with Crippen molar-refractivity contribution in [2.24, 2.45) is 11.3 Å². The Labute approximate surface area is 95.9 Å². The fourth-order valence-electron chi connectivity index (χ4n) is 3.12. The molecule has 0 amide bonds. The monoisotopic (exact) mass is 228 g/mol. The molecule has 0 aromatic carbocycles. The molecule has 0 radical (unpaired) electrons. The van der Waals surface area contributed by atoms with Crippen molar-refractivity contribution < 1.29 is 19.4 Å². The number of rotatable bonds is 2. The zero-order chi connectivity index (χ0) is 11.8. The fraction of sp³-hybridized carbons (Fsp3) is 0.917. The van der Waals surface area contributed by atoms with E-state index in [0.717, 1.165) is 12.8 Å². The van der Waals surface area contributed by atoms with Crippen LogP contribution in [0.3, 0.4) is 0 Å². The van der Waals surface area contributed by atoms with Gasteiger partial charge in [-0.2, -0.15) is 0 Å². The van der Waals surface area contributed by atoms with Gasteiger partial charge in [-0.1, -0.05) is 19.8 Å². The Bertz CT molecular complexity index is 285. The standard InChI is InChI=1S/C12H20O4/c1-9-4-3-5-11(6-9,10(13)15-2)12(14)7-16-8-12/h9,14H,3-8H2,1-2H3. The molecule has 1 heterocycles. The SMILES string of the molecule is COC(=O)C1(C2(O)COC2)CCCC(C)C1. The molecule has 1 aliphatic carbocycles. The summed E-state index contributed by atoms with van der Waals surface area (Å²) in [5.41, 5.74) is -1.74. The minimum Gasteiger partial charge on any atom is -0.469 e. The van der Waals surface area contributed by atoms with Crippen LogP contribution in [0.1, 0.15) is 32.6 Å². The van der Waals surface area contributed by atoms with E-state index in [9.17, 15) is 9.90 Å². The third kappa shape index (κ3) is 1.55. The highest BCUT2D eigenvalue weighted by molar-refractivity contribution is 5.79. The van der Waals surface area contributed by atoms with E-state index in [1.807, 2.05) is 0 Å².